The van der Waals surface area contributed by atoms with Gasteiger partial charge in [0, 0.05) is 11.8 Å². The second kappa shape index (κ2) is 6.35. The van der Waals surface area contributed by atoms with Crippen LogP contribution < -0.4 is 0 Å². The third-order valence-corrected chi connectivity index (χ3v) is 4.63. The molecule has 1 fully saturated rings. The van der Waals surface area contributed by atoms with Crippen LogP contribution in [0.3, 0.4) is 0 Å². The van der Waals surface area contributed by atoms with Gasteiger partial charge in [-0.15, -0.1) is 0 Å². The Hall–Kier alpha value is -1.13. The Labute approximate surface area is 123 Å². The van der Waals surface area contributed by atoms with Crippen molar-refractivity contribution < 1.29 is 4.79 Å². The zero-order valence-electron chi connectivity index (χ0n) is 11.1. The number of thioether (sulfide) groups is 1. The standard InChI is InChI=1S/C15H17NOS2/c1-11(2)13-10-19-15(18)16(13)14(17)9-8-12-6-4-3-5-7-12/h3-9,11,13H,10H2,1-2H3/b9-8+/t13-/m1/s1. The summed E-state index contributed by atoms with van der Waals surface area (Å²) in [6.07, 6.45) is 3.45. The van der Waals surface area contributed by atoms with E-state index in [2.05, 4.69) is 13.8 Å². The van der Waals surface area contributed by atoms with Gasteiger partial charge in [0.15, 0.2) is 0 Å². The Kier molecular flexibility index (Phi) is 4.77. The van der Waals surface area contributed by atoms with Gasteiger partial charge in [0.05, 0.1) is 6.04 Å². The average Bonchev–Trinajstić information content (AvgIpc) is 2.79. The van der Waals surface area contributed by atoms with Crippen LogP contribution >= 0.6 is 24.0 Å². The highest BCUT2D eigenvalue weighted by atomic mass is 32.2. The normalized spacial score (nSPS) is 19.6. The Bertz CT molecular complexity index is 496. The molecule has 1 aromatic carbocycles. The van der Waals surface area contributed by atoms with E-state index >= 15 is 0 Å². The Morgan fingerprint density at radius 2 is 2.11 bits per heavy atom. The lowest BCUT2D eigenvalue weighted by molar-refractivity contribution is -0.123. The molecule has 0 spiro atoms. The first-order valence-corrected chi connectivity index (χ1v) is 7.72. The summed E-state index contributed by atoms with van der Waals surface area (Å²) in [4.78, 5) is 14.0. The first-order valence-electron chi connectivity index (χ1n) is 6.32. The molecule has 0 bridgehead atoms. The maximum absolute atomic E-state index is 12.3. The average molecular weight is 291 g/mol. The van der Waals surface area contributed by atoms with E-state index in [0.29, 0.717) is 10.2 Å². The molecule has 0 radical (unpaired) electrons. The summed E-state index contributed by atoms with van der Waals surface area (Å²) in [5.41, 5.74) is 1.02. The maximum Gasteiger partial charge on any atom is 0.252 e. The topological polar surface area (TPSA) is 20.3 Å². The lowest BCUT2D eigenvalue weighted by Crippen LogP contribution is -2.40. The van der Waals surface area contributed by atoms with E-state index in [1.807, 2.05) is 36.4 Å². The van der Waals surface area contributed by atoms with Crippen molar-refractivity contribution in [1.29, 1.82) is 0 Å². The van der Waals surface area contributed by atoms with Crippen molar-refractivity contribution in [3.63, 3.8) is 0 Å². The number of carbonyl (C=O) groups excluding carboxylic acids is 1. The van der Waals surface area contributed by atoms with Crippen molar-refractivity contribution in [1.82, 2.24) is 4.90 Å². The minimum Gasteiger partial charge on any atom is -0.290 e. The van der Waals surface area contributed by atoms with E-state index < -0.39 is 0 Å². The largest absolute Gasteiger partial charge is 0.290 e. The number of nitrogens with zero attached hydrogens (tertiary/aromatic N) is 1. The zero-order valence-corrected chi connectivity index (χ0v) is 12.7. The summed E-state index contributed by atoms with van der Waals surface area (Å²) in [5, 5.41) is 0. The maximum atomic E-state index is 12.3. The lowest BCUT2D eigenvalue weighted by atomic mass is 10.1. The Balaban J connectivity index is 2.11. The third-order valence-electron chi connectivity index (χ3n) is 3.13. The summed E-state index contributed by atoms with van der Waals surface area (Å²) >= 11 is 6.87. The first-order chi connectivity index (χ1) is 9.09. The molecule has 2 nitrogen and oxygen atoms in total. The van der Waals surface area contributed by atoms with Crippen molar-refractivity contribution >= 4 is 40.3 Å². The SMILES string of the molecule is CC(C)[C@H]1CSC(=S)N1C(=O)/C=C/c1ccccc1. The number of hydrogen-bond acceptors (Lipinski definition) is 3. The molecule has 0 N–H and O–H groups in total. The van der Waals surface area contributed by atoms with Crippen LogP contribution in [-0.2, 0) is 4.79 Å². The Morgan fingerprint density at radius 3 is 2.74 bits per heavy atom. The molecule has 1 amide bonds. The van der Waals surface area contributed by atoms with E-state index in [4.69, 9.17) is 12.2 Å². The van der Waals surface area contributed by atoms with Crippen LogP contribution in [0.25, 0.3) is 6.08 Å². The number of hydrogen-bond donors (Lipinski definition) is 0. The summed E-state index contributed by atoms with van der Waals surface area (Å²) < 4.78 is 0.696. The quantitative estimate of drug-likeness (QED) is 0.627. The smallest absolute Gasteiger partial charge is 0.252 e. The highest BCUT2D eigenvalue weighted by Crippen LogP contribution is 2.29. The second-order valence-electron chi connectivity index (χ2n) is 4.84. The van der Waals surface area contributed by atoms with Gasteiger partial charge >= 0.3 is 0 Å². The van der Waals surface area contributed by atoms with Gasteiger partial charge in [-0.05, 0) is 17.6 Å². The van der Waals surface area contributed by atoms with Crippen LogP contribution in [0.2, 0.25) is 0 Å². The third kappa shape index (κ3) is 3.45. The molecule has 4 heteroatoms. The predicted molar refractivity (Wildman–Crippen MR) is 86.0 cm³/mol. The van der Waals surface area contributed by atoms with Gasteiger partial charge in [-0.1, -0.05) is 68.2 Å². The Morgan fingerprint density at radius 1 is 1.42 bits per heavy atom. The molecule has 0 aromatic heterocycles. The molecule has 0 aliphatic carbocycles. The molecule has 19 heavy (non-hydrogen) atoms. The van der Waals surface area contributed by atoms with E-state index in [1.165, 1.54) is 0 Å². The lowest BCUT2D eigenvalue weighted by Gasteiger charge is -2.25. The van der Waals surface area contributed by atoms with Gasteiger partial charge in [0.1, 0.15) is 4.32 Å². The number of rotatable bonds is 3. The highest BCUT2D eigenvalue weighted by Gasteiger charge is 2.34. The summed E-state index contributed by atoms with van der Waals surface area (Å²) in [6.45, 7) is 4.25. The molecular formula is C15H17NOS2. The van der Waals surface area contributed by atoms with Crippen molar-refractivity contribution in [3.8, 4) is 0 Å². The van der Waals surface area contributed by atoms with Gasteiger partial charge < -0.3 is 0 Å². The van der Waals surface area contributed by atoms with Crippen LogP contribution in [0.4, 0.5) is 0 Å². The van der Waals surface area contributed by atoms with E-state index in [-0.39, 0.29) is 11.9 Å². The van der Waals surface area contributed by atoms with E-state index in [1.54, 1.807) is 22.7 Å². The molecule has 0 unspecified atom stereocenters. The number of thiocarbonyl (C=S) groups is 1. The molecule has 100 valence electrons. The van der Waals surface area contributed by atoms with Gasteiger partial charge in [-0.25, -0.2) is 0 Å². The molecule has 1 aliphatic rings. The molecule has 1 aliphatic heterocycles. The van der Waals surface area contributed by atoms with Crippen molar-refractivity contribution in [2.75, 3.05) is 5.75 Å². The summed E-state index contributed by atoms with van der Waals surface area (Å²) in [7, 11) is 0. The van der Waals surface area contributed by atoms with E-state index in [0.717, 1.165) is 11.3 Å². The fourth-order valence-electron chi connectivity index (χ4n) is 1.99. The van der Waals surface area contributed by atoms with Gasteiger partial charge in [0.2, 0.25) is 0 Å². The predicted octanol–water partition coefficient (Wildman–Crippen LogP) is 3.58. The molecular weight excluding hydrogens is 274 g/mol. The zero-order chi connectivity index (χ0) is 13.8. The monoisotopic (exact) mass is 291 g/mol. The van der Waals surface area contributed by atoms with Gasteiger partial charge in [0.25, 0.3) is 5.91 Å². The number of amides is 1. The van der Waals surface area contributed by atoms with Crippen LogP contribution in [0, 0.1) is 5.92 Å². The number of benzene rings is 1. The van der Waals surface area contributed by atoms with E-state index in [9.17, 15) is 4.79 Å². The van der Waals surface area contributed by atoms with Crippen LogP contribution in [0.5, 0.6) is 0 Å². The molecule has 2 rings (SSSR count). The van der Waals surface area contributed by atoms with Crippen molar-refractivity contribution in [2.24, 2.45) is 5.92 Å². The summed E-state index contributed by atoms with van der Waals surface area (Å²) in [6, 6.07) is 10.0. The minimum atomic E-state index is -0.0162. The minimum absolute atomic E-state index is 0.0162. The summed E-state index contributed by atoms with van der Waals surface area (Å²) in [5.74, 6) is 1.31. The fourth-order valence-corrected chi connectivity index (χ4v) is 3.63. The molecule has 0 saturated carbocycles. The second-order valence-corrected chi connectivity index (χ2v) is 6.49. The van der Waals surface area contributed by atoms with Gasteiger partial charge in [-0.3, -0.25) is 9.69 Å². The van der Waals surface area contributed by atoms with Gasteiger partial charge in [-0.2, -0.15) is 0 Å². The molecule has 1 saturated heterocycles. The number of carbonyl (C=O) groups is 1. The van der Waals surface area contributed by atoms with Crippen molar-refractivity contribution in [3.05, 3.63) is 42.0 Å². The highest BCUT2D eigenvalue weighted by molar-refractivity contribution is 8.23. The molecule has 1 atom stereocenters. The molecule has 1 heterocycles. The van der Waals surface area contributed by atoms with Crippen LogP contribution in [-0.4, -0.2) is 26.9 Å². The molecule has 1 aromatic rings. The van der Waals surface area contributed by atoms with Crippen LogP contribution in [0.15, 0.2) is 36.4 Å². The van der Waals surface area contributed by atoms with Crippen molar-refractivity contribution in [2.45, 2.75) is 19.9 Å². The fraction of sp³-hybridized carbons (Fsp3) is 0.333. The van der Waals surface area contributed by atoms with Crippen LogP contribution in [0.1, 0.15) is 19.4 Å². The first kappa shape index (κ1) is 14.3.